The molecule has 0 N–H and O–H groups in total. The lowest BCUT2D eigenvalue weighted by molar-refractivity contribution is 0.414. The zero-order chi connectivity index (χ0) is 7.40. The standard InChI is InChI=1S/C9H8O.BrH/c1-3-8-5-4-6-9(7-8)10-2;/h1,4-7H,2H3;1H. The van der Waals surface area contributed by atoms with Gasteiger partial charge in [-0.15, -0.1) is 23.4 Å². The second kappa shape index (κ2) is 4.81. The number of ether oxygens (including phenoxy) is 1. The minimum Gasteiger partial charge on any atom is -0.497 e. The largest absolute Gasteiger partial charge is 0.497 e. The normalized spacial score (nSPS) is 7.64. The van der Waals surface area contributed by atoms with Crippen LogP contribution in [0.1, 0.15) is 5.56 Å². The minimum absolute atomic E-state index is 0. The summed E-state index contributed by atoms with van der Waals surface area (Å²) in [6.45, 7) is 0. The van der Waals surface area contributed by atoms with E-state index in [0.29, 0.717) is 0 Å². The molecule has 1 aromatic rings. The lowest BCUT2D eigenvalue weighted by Gasteiger charge is -1.97. The van der Waals surface area contributed by atoms with Crippen LogP contribution in [0.15, 0.2) is 24.3 Å². The van der Waals surface area contributed by atoms with Gasteiger partial charge in [-0.05, 0) is 18.2 Å². The maximum absolute atomic E-state index is 5.17. The average molecular weight is 213 g/mol. The predicted molar refractivity (Wildman–Crippen MR) is 51.3 cm³/mol. The fourth-order valence-corrected chi connectivity index (χ4v) is 0.713. The van der Waals surface area contributed by atoms with Crippen molar-refractivity contribution in [1.82, 2.24) is 0 Å². The van der Waals surface area contributed by atoms with Gasteiger partial charge in [-0.25, -0.2) is 0 Å². The van der Waals surface area contributed by atoms with E-state index in [1.807, 2.05) is 24.3 Å². The Morgan fingerprint density at radius 3 is 2.73 bits per heavy atom. The van der Waals surface area contributed by atoms with Crippen LogP contribution in [-0.2, 0) is 0 Å². The molecular weight excluding hydrogens is 204 g/mol. The van der Waals surface area contributed by atoms with Crippen molar-refractivity contribution >= 4 is 17.0 Å². The summed E-state index contributed by atoms with van der Waals surface area (Å²) in [7, 11) is 1.62. The molecule has 0 atom stereocenters. The maximum Gasteiger partial charge on any atom is 0.120 e. The van der Waals surface area contributed by atoms with Gasteiger partial charge in [-0.1, -0.05) is 12.0 Å². The van der Waals surface area contributed by atoms with E-state index >= 15 is 0 Å². The van der Waals surface area contributed by atoms with Crippen molar-refractivity contribution in [2.45, 2.75) is 0 Å². The van der Waals surface area contributed by atoms with Crippen LogP contribution in [0.5, 0.6) is 5.75 Å². The molecule has 0 amide bonds. The molecule has 0 fully saturated rings. The van der Waals surface area contributed by atoms with Crippen molar-refractivity contribution in [2.24, 2.45) is 0 Å². The number of halogens is 1. The van der Waals surface area contributed by atoms with Crippen LogP contribution in [0.25, 0.3) is 0 Å². The van der Waals surface area contributed by atoms with Crippen molar-refractivity contribution in [3.05, 3.63) is 29.8 Å². The van der Waals surface area contributed by atoms with E-state index in [0.717, 1.165) is 11.3 Å². The highest BCUT2D eigenvalue weighted by Gasteiger charge is 1.89. The van der Waals surface area contributed by atoms with Crippen LogP contribution < -0.4 is 4.74 Å². The molecule has 0 saturated heterocycles. The van der Waals surface area contributed by atoms with Crippen LogP contribution in [0.4, 0.5) is 0 Å². The van der Waals surface area contributed by atoms with Gasteiger partial charge in [0.05, 0.1) is 7.11 Å². The topological polar surface area (TPSA) is 9.23 Å². The van der Waals surface area contributed by atoms with Gasteiger partial charge in [0.15, 0.2) is 0 Å². The van der Waals surface area contributed by atoms with Crippen LogP contribution in [0.2, 0.25) is 0 Å². The fourth-order valence-electron chi connectivity index (χ4n) is 0.713. The molecule has 0 aliphatic carbocycles. The van der Waals surface area contributed by atoms with Gasteiger partial charge in [0.25, 0.3) is 0 Å². The monoisotopic (exact) mass is 212 g/mol. The molecule has 0 aromatic heterocycles. The maximum atomic E-state index is 5.17. The summed E-state index contributed by atoms with van der Waals surface area (Å²) >= 11 is 0. The van der Waals surface area contributed by atoms with E-state index in [1.165, 1.54) is 0 Å². The Bertz CT molecular complexity index is 263. The van der Waals surface area contributed by atoms with Crippen LogP contribution in [-0.4, -0.2) is 7.11 Å². The highest BCUT2D eigenvalue weighted by Crippen LogP contribution is 2.10. The van der Waals surface area contributed by atoms with Gasteiger partial charge >= 0.3 is 0 Å². The Hall–Kier alpha value is -0.940. The number of hydrogen-bond acceptors (Lipinski definition) is 1. The number of benzene rings is 1. The molecule has 0 saturated carbocycles. The van der Waals surface area contributed by atoms with Crippen molar-refractivity contribution in [2.75, 3.05) is 7.11 Å². The summed E-state index contributed by atoms with van der Waals surface area (Å²) in [5, 5.41) is 0. The number of hydrogen-bond donors (Lipinski definition) is 0. The lowest BCUT2D eigenvalue weighted by atomic mass is 10.2. The van der Waals surface area contributed by atoms with Crippen LogP contribution in [0, 0.1) is 12.3 Å². The summed E-state index contributed by atoms with van der Waals surface area (Å²) in [6, 6.07) is 7.41. The zero-order valence-electron chi connectivity index (χ0n) is 6.20. The summed E-state index contributed by atoms with van der Waals surface area (Å²) in [5.41, 5.74) is 0.847. The van der Waals surface area contributed by atoms with E-state index in [-0.39, 0.29) is 17.0 Å². The third kappa shape index (κ3) is 2.65. The molecule has 0 spiro atoms. The third-order valence-corrected chi connectivity index (χ3v) is 1.24. The molecule has 2 heteroatoms. The number of rotatable bonds is 1. The molecule has 0 unspecified atom stereocenters. The molecule has 1 nitrogen and oxygen atoms in total. The molecule has 1 rings (SSSR count). The van der Waals surface area contributed by atoms with Gasteiger partial charge in [0, 0.05) is 5.56 Å². The first-order chi connectivity index (χ1) is 4.86. The average Bonchev–Trinajstić information content (AvgIpc) is 2.05. The lowest BCUT2D eigenvalue weighted by Crippen LogP contribution is -1.82. The van der Waals surface area contributed by atoms with Crippen molar-refractivity contribution in [3.8, 4) is 18.1 Å². The van der Waals surface area contributed by atoms with E-state index < -0.39 is 0 Å². The van der Waals surface area contributed by atoms with Gasteiger partial charge < -0.3 is 4.74 Å². The molecule has 58 valence electrons. The van der Waals surface area contributed by atoms with Crippen molar-refractivity contribution in [1.29, 1.82) is 0 Å². The van der Waals surface area contributed by atoms with Crippen LogP contribution in [0.3, 0.4) is 0 Å². The first-order valence-electron chi connectivity index (χ1n) is 2.97. The first-order valence-corrected chi connectivity index (χ1v) is 2.97. The summed E-state index contributed by atoms with van der Waals surface area (Å²) in [4.78, 5) is 0. The summed E-state index contributed by atoms with van der Waals surface area (Å²) < 4.78 is 4.96. The summed E-state index contributed by atoms with van der Waals surface area (Å²) in [6.07, 6.45) is 5.17. The third-order valence-electron chi connectivity index (χ3n) is 1.24. The molecular formula is C9H9BrO. The number of terminal acetylenes is 1. The quantitative estimate of drug-likeness (QED) is 0.650. The summed E-state index contributed by atoms with van der Waals surface area (Å²) in [5.74, 6) is 3.32. The fraction of sp³-hybridized carbons (Fsp3) is 0.111. The predicted octanol–water partition coefficient (Wildman–Crippen LogP) is 2.25. The molecule has 0 heterocycles. The van der Waals surface area contributed by atoms with Gasteiger partial charge in [0.1, 0.15) is 5.75 Å². The molecule has 1 aromatic carbocycles. The van der Waals surface area contributed by atoms with Crippen molar-refractivity contribution < 1.29 is 4.74 Å². The Morgan fingerprint density at radius 2 is 2.18 bits per heavy atom. The molecule has 0 bridgehead atoms. The second-order valence-corrected chi connectivity index (χ2v) is 1.88. The Kier molecular flexibility index (Phi) is 4.40. The first kappa shape index (κ1) is 10.1. The van der Waals surface area contributed by atoms with E-state index in [4.69, 9.17) is 11.2 Å². The smallest absolute Gasteiger partial charge is 0.120 e. The Morgan fingerprint density at radius 1 is 1.45 bits per heavy atom. The molecule has 0 aliphatic rings. The zero-order valence-corrected chi connectivity index (χ0v) is 7.92. The Labute approximate surface area is 77.2 Å². The van der Waals surface area contributed by atoms with E-state index in [1.54, 1.807) is 7.11 Å². The van der Waals surface area contributed by atoms with E-state index in [2.05, 4.69) is 5.92 Å². The molecule has 0 aliphatic heterocycles. The van der Waals surface area contributed by atoms with E-state index in [9.17, 15) is 0 Å². The SMILES string of the molecule is Br.C#Cc1cccc(OC)c1. The van der Waals surface area contributed by atoms with Gasteiger partial charge in [0.2, 0.25) is 0 Å². The molecule has 0 radical (unpaired) electrons. The Balaban J connectivity index is 0.000001000. The van der Waals surface area contributed by atoms with Crippen LogP contribution >= 0.6 is 17.0 Å². The highest BCUT2D eigenvalue weighted by atomic mass is 79.9. The second-order valence-electron chi connectivity index (χ2n) is 1.88. The minimum atomic E-state index is 0. The van der Waals surface area contributed by atoms with Crippen molar-refractivity contribution in [3.63, 3.8) is 0 Å². The molecule has 11 heavy (non-hydrogen) atoms. The van der Waals surface area contributed by atoms with Gasteiger partial charge in [-0.3, -0.25) is 0 Å². The van der Waals surface area contributed by atoms with Gasteiger partial charge in [-0.2, -0.15) is 0 Å². The highest BCUT2D eigenvalue weighted by molar-refractivity contribution is 8.93. The number of methoxy groups -OCH3 is 1.